The van der Waals surface area contributed by atoms with Gasteiger partial charge in [0, 0.05) is 24.5 Å². The Balaban J connectivity index is 1.58. The third-order valence-corrected chi connectivity index (χ3v) is 4.82. The molecule has 1 aliphatic heterocycles. The summed E-state index contributed by atoms with van der Waals surface area (Å²) in [5.41, 5.74) is 2.61. The van der Waals surface area contributed by atoms with Crippen LogP contribution in [0.3, 0.4) is 0 Å². The summed E-state index contributed by atoms with van der Waals surface area (Å²) in [5, 5.41) is 11.5. The van der Waals surface area contributed by atoms with E-state index in [9.17, 15) is 4.79 Å². The van der Waals surface area contributed by atoms with Gasteiger partial charge in [0.1, 0.15) is 0 Å². The summed E-state index contributed by atoms with van der Waals surface area (Å²) in [5.74, 6) is 0.760. The standard InChI is InChI=1S/C19H20N6O/c1-14-21-22-23-25(14)17-9-7-15(8-10-17)19(26)24-12-3-2-6-18(24)16-5-4-11-20-13-16/h4-5,7-11,13,18H,2-3,6,12H2,1H3/t18-/m0/s1. The van der Waals surface area contributed by atoms with E-state index in [1.807, 2.05) is 54.4 Å². The third-order valence-electron chi connectivity index (χ3n) is 4.82. The van der Waals surface area contributed by atoms with Crippen molar-refractivity contribution < 1.29 is 4.79 Å². The number of carbonyl (C=O) groups is 1. The molecular formula is C19H20N6O. The number of likely N-dealkylation sites (tertiary alicyclic amines) is 1. The molecule has 1 fully saturated rings. The molecule has 1 aromatic carbocycles. The summed E-state index contributed by atoms with van der Waals surface area (Å²) in [7, 11) is 0. The summed E-state index contributed by atoms with van der Waals surface area (Å²) in [6, 6.07) is 11.5. The molecule has 3 aromatic rings. The van der Waals surface area contributed by atoms with Gasteiger partial charge >= 0.3 is 0 Å². The van der Waals surface area contributed by atoms with Gasteiger partial charge in [-0.3, -0.25) is 9.78 Å². The van der Waals surface area contributed by atoms with Crippen molar-refractivity contribution in [3.63, 3.8) is 0 Å². The van der Waals surface area contributed by atoms with Gasteiger partial charge in [-0.2, -0.15) is 4.68 Å². The number of aryl methyl sites for hydroxylation is 1. The predicted molar refractivity (Wildman–Crippen MR) is 95.8 cm³/mol. The Morgan fingerprint density at radius 3 is 2.69 bits per heavy atom. The zero-order valence-corrected chi connectivity index (χ0v) is 14.6. The molecule has 0 radical (unpaired) electrons. The molecule has 0 saturated carbocycles. The molecule has 2 aromatic heterocycles. The van der Waals surface area contributed by atoms with Crippen molar-refractivity contribution in [2.45, 2.75) is 32.2 Å². The number of piperidine rings is 1. The smallest absolute Gasteiger partial charge is 0.254 e. The van der Waals surface area contributed by atoms with Gasteiger partial charge in [-0.15, -0.1) is 5.10 Å². The number of aromatic nitrogens is 5. The molecule has 1 amide bonds. The number of pyridine rings is 1. The van der Waals surface area contributed by atoms with Crippen LogP contribution in [-0.4, -0.2) is 42.5 Å². The fourth-order valence-corrected chi connectivity index (χ4v) is 3.48. The molecule has 1 atom stereocenters. The zero-order chi connectivity index (χ0) is 17.9. The summed E-state index contributed by atoms with van der Waals surface area (Å²) in [4.78, 5) is 19.3. The van der Waals surface area contributed by atoms with E-state index in [4.69, 9.17) is 0 Å². The van der Waals surface area contributed by atoms with Gasteiger partial charge in [0.25, 0.3) is 5.91 Å². The maximum absolute atomic E-state index is 13.1. The highest BCUT2D eigenvalue weighted by molar-refractivity contribution is 5.94. The van der Waals surface area contributed by atoms with Crippen molar-refractivity contribution in [1.82, 2.24) is 30.1 Å². The quantitative estimate of drug-likeness (QED) is 0.727. The molecule has 0 N–H and O–H groups in total. The van der Waals surface area contributed by atoms with E-state index in [1.165, 1.54) is 0 Å². The first kappa shape index (κ1) is 16.4. The molecule has 0 unspecified atom stereocenters. The van der Waals surface area contributed by atoms with Crippen LogP contribution in [0, 0.1) is 6.92 Å². The molecule has 0 spiro atoms. The number of benzene rings is 1. The number of rotatable bonds is 3. The molecule has 132 valence electrons. The van der Waals surface area contributed by atoms with Gasteiger partial charge in [-0.25, -0.2) is 0 Å². The lowest BCUT2D eigenvalue weighted by Crippen LogP contribution is -2.38. The maximum Gasteiger partial charge on any atom is 0.254 e. The molecular weight excluding hydrogens is 328 g/mol. The van der Waals surface area contributed by atoms with E-state index >= 15 is 0 Å². The van der Waals surface area contributed by atoms with Crippen molar-refractivity contribution in [1.29, 1.82) is 0 Å². The van der Waals surface area contributed by atoms with Crippen molar-refractivity contribution in [2.75, 3.05) is 6.54 Å². The van der Waals surface area contributed by atoms with E-state index in [0.717, 1.165) is 37.1 Å². The Hall–Kier alpha value is -3.09. The highest BCUT2D eigenvalue weighted by Gasteiger charge is 2.28. The molecule has 1 saturated heterocycles. The molecule has 0 aliphatic carbocycles. The van der Waals surface area contributed by atoms with Crippen LogP contribution in [0.15, 0.2) is 48.8 Å². The van der Waals surface area contributed by atoms with E-state index in [1.54, 1.807) is 10.9 Å². The van der Waals surface area contributed by atoms with Crippen LogP contribution < -0.4 is 0 Å². The SMILES string of the molecule is Cc1nnnn1-c1ccc(C(=O)N2CCCC[C@H]2c2cccnc2)cc1. The monoisotopic (exact) mass is 348 g/mol. The zero-order valence-electron chi connectivity index (χ0n) is 14.6. The van der Waals surface area contributed by atoms with E-state index in [0.29, 0.717) is 11.4 Å². The van der Waals surface area contributed by atoms with Gasteiger partial charge in [-0.1, -0.05) is 6.07 Å². The summed E-state index contributed by atoms with van der Waals surface area (Å²) in [6.45, 7) is 2.61. The Bertz CT molecular complexity index is 890. The average molecular weight is 348 g/mol. The first-order chi connectivity index (χ1) is 12.7. The van der Waals surface area contributed by atoms with Crippen molar-refractivity contribution in [3.8, 4) is 5.69 Å². The first-order valence-electron chi connectivity index (χ1n) is 8.80. The minimum atomic E-state index is 0.0542. The molecule has 26 heavy (non-hydrogen) atoms. The lowest BCUT2D eigenvalue weighted by Gasteiger charge is -2.36. The second kappa shape index (κ2) is 7.03. The second-order valence-corrected chi connectivity index (χ2v) is 6.48. The molecule has 3 heterocycles. The van der Waals surface area contributed by atoms with Gasteiger partial charge in [-0.05, 0) is 72.5 Å². The van der Waals surface area contributed by atoms with Crippen LogP contribution in [0.4, 0.5) is 0 Å². The lowest BCUT2D eigenvalue weighted by molar-refractivity contribution is 0.0611. The molecule has 0 bridgehead atoms. The number of tetrazole rings is 1. The van der Waals surface area contributed by atoms with Crippen LogP contribution in [0.5, 0.6) is 0 Å². The fraction of sp³-hybridized carbons (Fsp3) is 0.316. The normalized spacial score (nSPS) is 17.3. The number of amides is 1. The van der Waals surface area contributed by atoms with E-state index in [-0.39, 0.29) is 11.9 Å². The van der Waals surface area contributed by atoms with Crippen LogP contribution in [-0.2, 0) is 0 Å². The Morgan fingerprint density at radius 2 is 2.00 bits per heavy atom. The Kier molecular flexibility index (Phi) is 4.43. The van der Waals surface area contributed by atoms with Crippen molar-refractivity contribution in [2.24, 2.45) is 0 Å². The minimum Gasteiger partial charge on any atom is -0.332 e. The van der Waals surface area contributed by atoms with Crippen molar-refractivity contribution in [3.05, 3.63) is 65.7 Å². The van der Waals surface area contributed by atoms with Crippen molar-refractivity contribution >= 4 is 5.91 Å². The highest BCUT2D eigenvalue weighted by atomic mass is 16.2. The second-order valence-electron chi connectivity index (χ2n) is 6.48. The lowest BCUT2D eigenvalue weighted by atomic mass is 9.95. The van der Waals surface area contributed by atoms with Gasteiger partial charge in [0.05, 0.1) is 11.7 Å². The van der Waals surface area contributed by atoms with Gasteiger partial charge in [0.15, 0.2) is 5.82 Å². The molecule has 1 aliphatic rings. The number of hydrogen-bond acceptors (Lipinski definition) is 5. The van der Waals surface area contributed by atoms with Crippen LogP contribution in [0.2, 0.25) is 0 Å². The van der Waals surface area contributed by atoms with E-state index < -0.39 is 0 Å². The summed E-state index contributed by atoms with van der Waals surface area (Å²) in [6.07, 6.45) is 6.75. The number of hydrogen-bond donors (Lipinski definition) is 0. The average Bonchev–Trinajstić information content (AvgIpc) is 3.14. The molecule has 7 nitrogen and oxygen atoms in total. The summed E-state index contributed by atoms with van der Waals surface area (Å²) < 4.78 is 1.65. The van der Waals surface area contributed by atoms with Gasteiger partial charge in [0.2, 0.25) is 0 Å². The Morgan fingerprint density at radius 1 is 1.15 bits per heavy atom. The third kappa shape index (κ3) is 3.08. The summed E-state index contributed by atoms with van der Waals surface area (Å²) >= 11 is 0. The number of nitrogens with zero attached hydrogens (tertiary/aromatic N) is 6. The highest BCUT2D eigenvalue weighted by Crippen LogP contribution is 2.31. The topological polar surface area (TPSA) is 76.8 Å². The largest absolute Gasteiger partial charge is 0.332 e. The van der Waals surface area contributed by atoms with Crippen LogP contribution in [0.25, 0.3) is 5.69 Å². The van der Waals surface area contributed by atoms with Crippen LogP contribution >= 0.6 is 0 Å². The molecule has 4 rings (SSSR count). The maximum atomic E-state index is 13.1. The van der Waals surface area contributed by atoms with E-state index in [2.05, 4.69) is 20.5 Å². The fourth-order valence-electron chi connectivity index (χ4n) is 3.48. The predicted octanol–water partition coefficient (Wildman–Crippen LogP) is 2.73. The van der Waals surface area contributed by atoms with Gasteiger partial charge < -0.3 is 4.90 Å². The first-order valence-corrected chi connectivity index (χ1v) is 8.80. The molecule has 7 heteroatoms. The Labute approximate surface area is 151 Å². The minimum absolute atomic E-state index is 0.0542. The number of carbonyl (C=O) groups excluding carboxylic acids is 1. The van der Waals surface area contributed by atoms with Crippen LogP contribution in [0.1, 0.15) is 47.1 Å².